The number of nitrogens with zero attached hydrogens (tertiary/aromatic N) is 1. The average molecular weight is 211 g/mol. The van der Waals surface area contributed by atoms with E-state index < -0.39 is 5.97 Å². The summed E-state index contributed by atoms with van der Waals surface area (Å²) in [5.74, 6) is -0.726. The lowest BCUT2D eigenvalue weighted by molar-refractivity contribution is -0.149. The van der Waals surface area contributed by atoms with E-state index in [4.69, 9.17) is 5.11 Å². The smallest absolute Gasteiger partial charge is 0.309 e. The molecule has 15 heavy (non-hydrogen) atoms. The van der Waals surface area contributed by atoms with Gasteiger partial charge in [0.05, 0.1) is 5.92 Å². The zero-order valence-corrected chi connectivity index (χ0v) is 9.70. The number of hydrogen-bond acceptors (Lipinski definition) is 2. The van der Waals surface area contributed by atoms with Gasteiger partial charge in [0.15, 0.2) is 0 Å². The average Bonchev–Trinajstić information content (AvgIpc) is 1.97. The minimum Gasteiger partial charge on any atom is -0.481 e. The van der Waals surface area contributed by atoms with Crippen molar-refractivity contribution in [1.29, 1.82) is 0 Å². The van der Waals surface area contributed by atoms with E-state index in [9.17, 15) is 4.79 Å². The molecule has 3 heteroatoms. The van der Waals surface area contributed by atoms with E-state index >= 15 is 0 Å². The Balaban J connectivity index is 1.84. The first-order valence-electron chi connectivity index (χ1n) is 5.95. The third-order valence-electron chi connectivity index (χ3n) is 3.95. The van der Waals surface area contributed by atoms with Gasteiger partial charge in [0.25, 0.3) is 0 Å². The van der Waals surface area contributed by atoms with Gasteiger partial charge in [-0.1, -0.05) is 20.3 Å². The van der Waals surface area contributed by atoms with Crippen LogP contribution in [0.25, 0.3) is 0 Å². The summed E-state index contributed by atoms with van der Waals surface area (Å²) in [6.45, 7) is 6.20. The van der Waals surface area contributed by atoms with E-state index in [1.165, 1.54) is 25.7 Å². The standard InChI is InChI=1S/C12H21NO2/c1-12(2)5-3-4-10(6-12)13-7-9(8-13)11(14)15/h9-10H,3-8H2,1-2H3,(H,14,15). The molecule has 0 spiro atoms. The van der Waals surface area contributed by atoms with Crippen LogP contribution in [-0.2, 0) is 4.79 Å². The molecule has 1 atom stereocenters. The van der Waals surface area contributed by atoms with Gasteiger partial charge in [0.1, 0.15) is 0 Å². The monoisotopic (exact) mass is 211 g/mol. The fraction of sp³-hybridized carbons (Fsp3) is 0.917. The van der Waals surface area contributed by atoms with Crippen molar-refractivity contribution in [3.05, 3.63) is 0 Å². The Morgan fingerprint density at radius 3 is 2.60 bits per heavy atom. The van der Waals surface area contributed by atoms with Crippen LogP contribution in [-0.4, -0.2) is 35.1 Å². The second-order valence-electron chi connectivity index (χ2n) is 5.90. The Labute approximate surface area is 91.5 Å². The molecule has 0 amide bonds. The van der Waals surface area contributed by atoms with Crippen molar-refractivity contribution >= 4 is 5.97 Å². The number of aliphatic carboxylic acids is 1. The van der Waals surface area contributed by atoms with Gasteiger partial charge >= 0.3 is 5.97 Å². The van der Waals surface area contributed by atoms with Gasteiger partial charge < -0.3 is 5.11 Å². The zero-order chi connectivity index (χ0) is 11.1. The molecule has 1 N–H and O–H groups in total. The molecule has 1 unspecified atom stereocenters. The predicted octanol–water partition coefficient (Wildman–Crippen LogP) is 1.97. The van der Waals surface area contributed by atoms with E-state index in [1.54, 1.807) is 0 Å². The molecule has 1 saturated heterocycles. The maximum Gasteiger partial charge on any atom is 0.309 e. The summed E-state index contributed by atoms with van der Waals surface area (Å²) >= 11 is 0. The van der Waals surface area contributed by atoms with Crippen molar-refractivity contribution in [3.8, 4) is 0 Å². The van der Waals surface area contributed by atoms with Gasteiger partial charge in [0.2, 0.25) is 0 Å². The molecule has 1 heterocycles. The lowest BCUT2D eigenvalue weighted by Gasteiger charge is -2.47. The lowest BCUT2D eigenvalue weighted by atomic mass is 9.74. The molecular formula is C12H21NO2. The van der Waals surface area contributed by atoms with Crippen molar-refractivity contribution in [2.75, 3.05) is 13.1 Å². The van der Waals surface area contributed by atoms with Crippen molar-refractivity contribution in [3.63, 3.8) is 0 Å². The number of carbonyl (C=O) groups is 1. The molecule has 0 bridgehead atoms. The third kappa shape index (κ3) is 2.33. The van der Waals surface area contributed by atoms with E-state index in [1.807, 2.05) is 0 Å². The molecule has 2 rings (SSSR count). The highest BCUT2D eigenvalue weighted by molar-refractivity contribution is 5.71. The second kappa shape index (κ2) is 3.78. The highest BCUT2D eigenvalue weighted by atomic mass is 16.4. The molecule has 3 nitrogen and oxygen atoms in total. The lowest BCUT2D eigenvalue weighted by Crippen LogP contribution is -2.56. The highest BCUT2D eigenvalue weighted by Crippen LogP contribution is 2.39. The summed E-state index contributed by atoms with van der Waals surface area (Å²) in [7, 11) is 0. The van der Waals surface area contributed by atoms with Crippen molar-refractivity contribution < 1.29 is 9.90 Å². The fourth-order valence-electron chi connectivity index (χ4n) is 2.94. The Bertz CT molecular complexity index is 256. The van der Waals surface area contributed by atoms with Crippen LogP contribution in [0.1, 0.15) is 39.5 Å². The fourth-order valence-corrected chi connectivity index (χ4v) is 2.94. The molecule has 1 aliphatic heterocycles. The van der Waals surface area contributed by atoms with Crippen LogP contribution >= 0.6 is 0 Å². The van der Waals surface area contributed by atoms with Crippen LogP contribution in [0.2, 0.25) is 0 Å². The predicted molar refractivity (Wildman–Crippen MR) is 58.7 cm³/mol. The maximum absolute atomic E-state index is 10.7. The largest absolute Gasteiger partial charge is 0.481 e. The quantitative estimate of drug-likeness (QED) is 0.759. The van der Waals surface area contributed by atoms with E-state index in [0.717, 1.165) is 13.1 Å². The summed E-state index contributed by atoms with van der Waals surface area (Å²) in [5, 5.41) is 8.83. The normalized spacial score (nSPS) is 32.3. The van der Waals surface area contributed by atoms with E-state index in [0.29, 0.717) is 11.5 Å². The molecule has 0 aromatic heterocycles. The minimum atomic E-state index is -0.624. The van der Waals surface area contributed by atoms with Gasteiger partial charge in [-0.2, -0.15) is 0 Å². The maximum atomic E-state index is 10.7. The third-order valence-corrected chi connectivity index (χ3v) is 3.95. The van der Waals surface area contributed by atoms with Gasteiger partial charge in [-0.05, 0) is 24.7 Å². The first kappa shape index (κ1) is 10.9. The minimum absolute atomic E-state index is 0.102. The van der Waals surface area contributed by atoms with Gasteiger partial charge in [-0.3, -0.25) is 9.69 Å². The molecule has 2 aliphatic rings. The van der Waals surface area contributed by atoms with Gasteiger partial charge in [0, 0.05) is 19.1 Å². The number of rotatable bonds is 2. The summed E-state index contributed by atoms with van der Waals surface area (Å²) in [6, 6.07) is 0.643. The van der Waals surface area contributed by atoms with Crippen LogP contribution in [0.4, 0.5) is 0 Å². The first-order chi connectivity index (χ1) is 6.98. The molecule has 2 fully saturated rings. The van der Waals surface area contributed by atoms with Gasteiger partial charge in [-0.15, -0.1) is 0 Å². The molecule has 1 aliphatic carbocycles. The Hall–Kier alpha value is -0.570. The summed E-state index contributed by atoms with van der Waals surface area (Å²) in [4.78, 5) is 13.1. The number of carboxylic acid groups (broad SMARTS) is 1. The second-order valence-corrected chi connectivity index (χ2v) is 5.90. The van der Waals surface area contributed by atoms with Crippen LogP contribution in [0, 0.1) is 11.3 Å². The van der Waals surface area contributed by atoms with Crippen LogP contribution in [0.3, 0.4) is 0 Å². The van der Waals surface area contributed by atoms with Crippen LogP contribution in [0.15, 0.2) is 0 Å². The first-order valence-corrected chi connectivity index (χ1v) is 5.95. The molecule has 0 aromatic carbocycles. The Kier molecular flexibility index (Phi) is 2.75. The topological polar surface area (TPSA) is 40.5 Å². The highest BCUT2D eigenvalue weighted by Gasteiger charge is 2.39. The summed E-state index contributed by atoms with van der Waals surface area (Å²) < 4.78 is 0. The van der Waals surface area contributed by atoms with Crippen molar-refractivity contribution in [1.82, 2.24) is 4.90 Å². The Morgan fingerprint density at radius 1 is 1.40 bits per heavy atom. The number of likely N-dealkylation sites (tertiary alicyclic amines) is 1. The summed E-state index contributed by atoms with van der Waals surface area (Å²) in [5.41, 5.74) is 0.456. The summed E-state index contributed by atoms with van der Waals surface area (Å²) in [6.07, 6.45) is 5.11. The number of hydrogen-bond donors (Lipinski definition) is 1. The molecule has 0 radical (unpaired) electrons. The van der Waals surface area contributed by atoms with Crippen molar-refractivity contribution in [2.24, 2.45) is 11.3 Å². The van der Waals surface area contributed by atoms with E-state index in [2.05, 4.69) is 18.7 Å². The zero-order valence-electron chi connectivity index (χ0n) is 9.70. The molecule has 86 valence electrons. The molecule has 0 aromatic rings. The molecule has 1 saturated carbocycles. The van der Waals surface area contributed by atoms with Gasteiger partial charge in [-0.25, -0.2) is 0 Å². The number of carboxylic acids is 1. The van der Waals surface area contributed by atoms with Crippen LogP contribution in [0.5, 0.6) is 0 Å². The van der Waals surface area contributed by atoms with Crippen LogP contribution < -0.4 is 0 Å². The Morgan fingerprint density at radius 2 is 2.07 bits per heavy atom. The van der Waals surface area contributed by atoms with Crippen molar-refractivity contribution in [2.45, 2.75) is 45.6 Å². The molecular weight excluding hydrogens is 190 g/mol. The SMILES string of the molecule is CC1(C)CCCC(N2CC(C(=O)O)C2)C1. The van der Waals surface area contributed by atoms with E-state index in [-0.39, 0.29) is 5.92 Å².